The van der Waals surface area contributed by atoms with Crippen LogP contribution in [0, 0.1) is 0 Å². The zero-order valence-electron chi connectivity index (χ0n) is 9.10. The molecule has 4 nitrogen and oxygen atoms in total. The third-order valence-electron chi connectivity index (χ3n) is 2.41. The summed E-state index contributed by atoms with van der Waals surface area (Å²) in [5, 5.41) is 8.65. The van der Waals surface area contributed by atoms with Crippen LogP contribution in [0.3, 0.4) is 0 Å². The maximum absolute atomic E-state index is 8.65. The molecule has 0 saturated carbocycles. The summed E-state index contributed by atoms with van der Waals surface area (Å²) >= 11 is 1.87. The van der Waals surface area contributed by atoms with Gasteiger partial charge in [0.25, 0.3) is 0 Å². The molecule has 1 aromatic carbocycles. The molecule has 16 heavy (non-hydrogen) atoms. The fourth-order valence-electron chi connectivity index (χ4n) is 1.48. The standard InChI is InChI=1S/C11H15NO3S/c1-14-10-3-2-8(5-12-13)4-11(10)15-9-6-16-7-9/h2-4,9,12-13H,5-7H2,1H3. The van der Waals surface area contributed by atoms with Gasteiger partial charge in [-0.1, -0.05) is 6.07 Å². The lowest BCUT2D eigenvalue weighted by Crippen LogP contribution is -2.31. The fraction of sp³-hybridized carbons (Fsp3) is 0.455. The number of hydrogen-bond acceptors (Lipinski definition) is 5. The number of ether oxygens (including phenoxy) is 2. The van der Waals surface area contributed by atoms with Crippen LogP contribution in [0.4, 0.5) is 0 Å². The zero-order valence-corrected chi connectivity index (χ0v) is 9.92. The van der Waals surface area contributed by atoms with Crippen molar-refractivity contribution >= 4 is 11.8 Å². The Labute approximate surface area is 98.9 Å². The Hall–Kier alpha value is -0.910. The molecule has 1 heterocycles. The number of hydroxylamine groups is 1. The number of thioether (sulfide) groups is 1. The predicted molar refractivity (Wildman–Crippen MR) is 63.4 cm³/mol. The molecule has 2 rings (SSSR count). The van der Waals surface area contributed by atoms with E-state index in [0.717, 1.165) is 28.6 Å². The van der Waals surface area contributed by atoms with Crippen LogP contribution in [0.15, 0.2) is 18.2 Å². The smallest absolute Gasteiger partial charge is 0.161 e. The molecular weight excluding hydrogens is 226 g/mol. The van der Waals surface area contributed by atoms with Gasteiger partial charge in [0.2, 0.25) is 0 Å². The molecule has 0 unspecified atom stereocenters. The third-order valence-corrected chi connectivity index (χ3v) is 3.63. The van der Waals surface area contributed by atoms with Gasteiger partial charge in [0.1, 0.15) is 6.10 Å². The fourth-order valence-corrected chi connectivity index (χ4v) is 2.04. The van der Waals surface area contributed by atoms with E-state index in [0.29, 0.717) is 6.54 Å². The largest absolute Gasteiger partial charge is 0.493 e. The van der Waals surface area contributed by atoms with Crippen LogP contribution in [0.1, 0.15) is 5.56 Å². The van der Waals surface area contributed by atoms with E-state index in [-0.39, 0.29) is 6.10 Å². The lowest BCUT2D eigenvalue weighted by molar-refractivity contribution is 0.161. The van der Waals surface area contributed by atoms with Crippen molar-refractivity contribution in [3.05, 3.63) is 23.8 Å². The first-order valence-electron chi connectivity index (χ1n) is 5.11. The lowest BCUT2D eigenvalue weighted by atomic mass is 10.2. The van der Waals surface area contributed by atoms with Gasteiger partial charge in [0.05, 0.1) is 7.11 Å². The molecule has 1 fully saturated rings. The Morgan fingerprint density at radius 3 is 2.81 bits per heavy atom. The summed E-state index contributed by atoms with van der Waals surface area (Å²) in [5.74, 6) is 3.55. The van der Waals surface area contributed by atoms with Crippen LogP contribution < -0.4 is 15.0 Å². The summed E-state index contributed by atoms with van der Waals surface area (Å²) in [5.41, 5.74) is 3.09. The highest BCUT2D eigenvalue weighted by Gasteiger charge is 2.21. The number of hydrogen-bond donors (Lipinski definition) is 2. The number of benzene rings is 1. The molecule has 88 valence electrons. The van der Waals surface area contributed by atoms with Gasteiger partial charge in [-0.25, -0.2) is 5.48 Å². The first-order chi connectivity index (χ1) is 7.83. The van der Waals surface area contributed by atoms with Crippen molar-refractivity contribution < 1.29 is 14.7 Å². The van der Waals surface area contributed by atoms with Crippen molar-refractivity contribution in [2.45, 2.75) is 12.6 Å². The normalized spacial score (nSPS) is 15.6. The second-order valence-electron chi connectivity index (χ2n) is 3.60. The van der Waals surface area contributed by atoms with Crippen LogP contribution in [-0.2, 0) is 6.54 Å². The maximum Gasteiger partial charge on any atom is 0.161 e. The van der Waals surface area contributed by atoms with Gasteiger partial charge in [0, 0.05) is 18.1 Å². The van der Waals surface area contributed by atoms with E-state index in [9.17, 15) is 0 Å². The lowest BCUT2D eigenvalue weighted by Gasteiger charge is -2.26. The Balaban J connectivity index is 2.13. The molecule has 0 atom stereocenters. The van der Waals surface area contributed by atoms with Crippen molar-refractivity contribution in [1.29, 1.82) is 0 Å². The summed E-state index contributed by atoms with van der Waals surface area (Å²) in [6, 6.07) is 5.64. The molecule has 2 N–H and O–H groups in total. The molecule has 1 aliphatic heterocycles. The van der Waals surface area contributed by atoms with Crippen LogP contribution in [0.2, 0.25) is 0 Å². The number of nitrogens with one attached hydrogen (secondary N) is 1. The molecule has 1 saturated heterocycles. The summed E-state index contributed by atoms with van der Waals surface area (Å²) in [6.45, 7) is 0.403. The minimum absolute atomic E-state index is 0.288. The maximum atomic E-state index is 8.65. The second-order valence-corrected chi connectivity index (χ2v) is 4.67. The first-order valence-corrected chi connectivity index (χ1v) is 6.27. The molecule has 0 amide bonds. The van der Waals surface area contributed by atoms with Crippen LogP contribution in [0.25, 0.3) is 0 Å². The summed E-state index contributed by atoms with van der Waals surface area (Å²) in [6.07, 6.45) is 0.288. The zero-order chi connectivity index (χ0) is 11.4. The van der Waals surface area contributed by atoms with Crippen LogP contribution in [0.5, 0.6) is 11.5 Å². The quantitative estimate of drug-likeness (QED) is 0.768. The summed E-state index contributed by atoms with van der Waals surface area (Å²) in [7, 11) is 1.63. The highest BCUT2D eigenvalue weighted by molar-refractivity contribution is 8.00. The van der Waals surface area contributed by atoms with Crippen molar-refractivity contribution in [1.82, 2.24) is 5.48 Å². The molecule has 0 aliphatic carbocycles. The highest BCUT2D eigenvalue weighted by Crippen LogP contribution is 2.32. The van der Waals surface area contributed by atoms with Gasteiger partial charge in [-0.15, -0.1) is 0 Å². The van der Waals surface area contributed by atoms with Gasteiger partial charge >= 0.3 is 0 Å². The van der Waals surface area contributed by atoms with E-state index in [1.807, 2.05) is 30.0 Å². The SMILES string of the molecule is COc1ccc(CNO)cc1OC1CSC1. The van der Waals surface area contributed by atoms with Crippen molar-refractivity contribution in [2.24, 2.45) is 0 Å². The Morgan fingerprint density at radius 2 is 2.25 bits per heavy atom. The highest BCUT2D eigenvalue weighted by atomic mass is 32.2. The van der Waals surface area contributed by atoms with E-state index >= 15 is 0 Å². The Morgan fingerprint density at radius 1 is 1.44 bits per heavy atom. The Bertz CT molecular complexity index is 355. The van der Waals surface area contributed by atoms with E-state index in [1.165, 1.54) is 0 Å². The van der Waals surface area contributed by atoms with Gasteiger partial charge < -0.3 is 14.7 Å². The van der Waals surface area contributed by atoms with Gasteiger partial charge in [-0.2, -0.15) is 11.8 Å². The minimum atomic E-state index is 0.288. The first kappa shape index (κ1) is 11.6. The number of methoxy groups -OCH3 is 1. The molecular formula is C11H15NO3S. The predicted octanol–water partition coefficient (Wildman–Crippen LogP) is 1.67. The van der Waals surface area contributed by atoms with E-state index < -0.39 is 0 Å². The summed E-state index contributed by atoms with van der Waals surface area (Å²) in [4.78, 5) is 0. The van der Waals surface area contributed by atoms with Gasteiger partial charge in [-0.05, 0) is 17.7 Å². The monoisotopic (exact) mass is 241 g/mol. The van der Waals surface area contributed by atoms with Crippen molar-refractivity contribution in [2.75, 3.05) is 18.6 Å². The van der Waals surface area contributed by atoms with E-state index in [2.05, 4.69) is 5.48 Å². The van der Waals surface area contributed by atoms with E-state index in [1.54, 1.807) is 7.11 Å². The van der Waals surface area contributed by atoms with Crippen molar-refractivity contribution in [3.8, 4) is 11.5 Å². The van der Waals surface area contributed by atoms with Gasteiger partial charge in [-0.3, -0.25) is 0 Å². The average molecular weight is 241 g/mol. The topological polar surface area (TPSA) is 50.7 Å². The Kier molecular flexibility index (Phi) is 3.93. The average Bonchev–Trinajstić information content (AvgIpc) is 2.24. The molecule has 1 aliphatic rings. The molecule has 0 radical (unpaired) electrons. The molecule has 1 aromatic rings. The number of rotatable bonds is 5. The third kappa shape index (κ3) is 2.61. The molecule has 0 spiro atoms. The van der Waals surface area contributed by atoms with E-state index in [4.69, 9.17) is 14.7 Å². The second kappa shape index (κ2) is 5.43. The van der Waals surface area contributed by atoms with Gasteiger partial charge in [0.15, 0.2) is 11.5 Å². The van der Waals surface area contributed by atoms with Crippen LogP contribution in [-0.4, -0.2) is 29.9 Å². The summed E-state index contributed by atoms with van der Waals surface area (Å²) < 4.78 is 11.0. The molecule has 0 bridgehead atoms. The molecule has 0 aromatic heterocycles. The minimum Gasteiger partial charge on any atom is -0.493 e. The molecule has 5 heteroatoms. The van der Waals surface area contributed by atoms with Crippen molar-refractivity contribution in [3.63, 3.8) is 0 Å². The van der Waals surface area contributed by atoms with Crippen LogP contribution >= 0.6 is 11.8 Å².